The number of aliphatic carboxylic acids is 2. The summed E-state index contributed by atoms with van der Waals surface area (Å²) in [7, 11) is 0. The number of aromatic nitrogens is 2. The Labute approximate surface area is 223 Å². The minimum absolute atomic E-state index is 0.223. The van der Waals surface area contributed by atoms with Gasteiger partial charge < -0.3 is 14.9 Å². The molecule has 1 aliphatic rings. The van der Waals surface area contributed by atoms with Crippen LogP contribution >= 0.6 is 24.0 Å². The van der Waals surface area contributed by atoms with Crippen molar-refractivity contribution in [2.45, 2.75) is 20.3 Å². The lowest BCUT2D eigenvalue weighted by Crippen LogP contribution is -2.33. The van der Waals surface area contributed by atoms with Crippen molar-refractivity contribution in [2.24, 2.45) is 0 Å². The fourth-order valence-corrected chi connectivity index (χ4v) is 4.54. The second-order valence-electron chi connectivity index (χ2n) is 7.77. The Bertz CT molecular complexity index is 1330. The van der Waals surface area contributed by atoms with Crippen LogP contribution in [0.4, 0.5) is 0 Å². The Balaban J connectivity index is 0.000000886. The van der Waals surface area contributed by atoms with Crippen LogP contribution in [-0.2, 0) is 14.4 Å². The maximum absolute atomic E-state index is 12.8. The highest BCUT2D eigenvalue weighted by molar-refractivity contribution is 8.26. The standard InChI is InChI=1S/C24H21N3O4S2.C2H4O2/c1-2-11-31-19-10-6-7-16(12-19)22-17(14-27(25-22)18-8-4-3-5-9-18)13-20-23(30)26(15-21(28)29)24(32)33-20;1-2(3)4/h3-10,12-14H,2,11,15H2,1H3,(H,28,29);1H3,(H,3,4). The number of amides is 1. The SMILES string of the molecule is CC(=O)O.CCCOc1cccc(-c2nn(-c3ccccc3)cc2C=C2SC(=S)N(CC(=O)O)C2=O)c1. The van der Waals surface area contributed by atoms with Crippen molar-refractivity contribution < 1.29 is 29.3 Å². The van der Waals surface area contributed by atoms with E-state index in [1.54, 1.807) is 10.8 Å². The quantitative estimate of drug-likeness (QED) is 0.310. The highest BCUT2D eigenvalue weighted by Gasteiger charge is 2.33. The molecule has 9 nitrogen and oxygen atoms in total. The Morgan fingerprint density at radius 2 is 1.84 bits per heavy atom. The Morgan fingerprint density at radius 1 is 1.14 bits per heavy atom. The number of ether oxygens (including phenoxy) is 1. The molecule has 0 unspecified atom stereocenters. The number of benzene rings is 2. The van der Waals surface area contributed by atoms with Gasteiger partial charge in [0.2, 0.25) is 0 Å². The summed E-state index contributed by atoms with van der Waals surface area (Å²) >= 11 is 6.31. The van der Waals surface area contributed by atoms with Crippen LogP contribution in [0.1, 0.15) is 25.8 Å². The molecule has 1 fully saturated rings. The van der Waals surface area contributed by atoms with Crippen LogP contribution in [0.15, 0.2) is 65.7 Å². The number of carbonyl (C=O) groups excluding carboxylic acids is 1. The molecule has 1 saturated heterocycles. The van der Waals surface area contributed by atoms with Crippen molar-refractivity contribution >= 4 is 52.2 Å². The fourth-order valence-electron chi connectivity index (χ4n) is 3.30. The van der Waals surface area contributed by atoms with E-state index >= 15 is 0 Å². The molecule has 0 atom stereocenters. The predicted molar refractivity (Wildman–Crippen MR) is 146 cm³/mol. The van der Waals surface area contributed by atoms with Gasteiger partial charge >= 0.3 is 5.97 Å². The normalized spacial score (nSPS) is 13.9. The first-order chi connectivity index (χ1) is 17.7. The van der Waals surface area contributed by atoms with E-state index in [0.29, 0.717) is 22.8 Å². The summed E-state index contributed by atoms with van der Waals surface area (Å²) in [5.74, 6) is -1.64. The van der Waals surface area contributed by atoms with Gasteiger partial charge in [-0.15, -0.1) is 0 Å². The molecular weight excluding hydrogens is 514 g/mol. The third-order valence-electron chi connectivity index (χ3n) is 4.80. The highest BCUT2D eigenvalue weighted by atomic mass is 32.2. The minimum atomic E-state index is -1.12. The van der Waals surface area contributed by atoms with Crippen molar-refractivity contribution in [3.05, 3.63) is 71.3 Å². The number of hydrogen-bond acceptors (Lipinski definition) is 7. The van der Waals surface area contributed by atoms with E-state index in [2.05, 4.69) is 0 Å². The first kappa shape index (κ1) is 27.6. The smallest absolute Gasteiger partial charge is 0.323 e. The Hall–Kier alpha value is -3.96. The molecule has 2 N–H and O–H groups in total. The van der Waals surface area contributed by atoms with Crippen LogP contribution in [0.2, 0.25) is 0 Å². The number of rotatable bonds is 8. The molecule has 11 heteroatoms. The second kappa shape index (κ2) is 12.8. The molecule has 2 aromatic carbocycles. The van der Waals surface area contributed by atoms with Gasteiger partial charge in [-0.25, -0.2) is 4.68 Å². The molecule has 0 bridgehead atoms. The van der Waals surface area contributed by atoms with Gasteiger partial charge in [-0.3, -0.25) is 19.3 Å². The number of thioether (sulfide) groups is 1. The Morgan fingerprint density at radius 3 is 2.49 bits per heavy atom. The van der Waals surface area contributed by atoms with Crippen molar-refractivity contribution in [2.75, 3.05) is 13.2 Å². The van der Waals surface area contributed by atoms with Crippen LogP contribution in [0.25, 0.3) is 23.0 Å². The lowest BCUT2D eigenvalue weighted by molar-refractivity contribution is -0.140. The number of carboxylic acid groups (broad SMARTS) is 2. The van der Waals surface area contributed by atoms with Gasteiger partial charge in [0.05, 0.1) is 17.2 Å². The molecule has 0 aliphatic carbocycles. The van der Waals surface area contributed by atoms with Gasteiger partial charge in [-0.05, 0) is 36.8 Å². The molecule has 192 valence electrons. The molecular formula is C26H25N3O6S2. The monoisotopic (exact) mass is 539 g/mol. The predicted octanol–water partition coefficient (Wildman–Crippen LogP) is 4.70. The van der Waals surface area contributed by atoms with Crippen molar-refractivity contribution in [1.82, 2.24) is 14.7 Å². The topological polar surface area (TPSA) is 122 Å². The molecule has 2 heterocycles. The molecule has 3 aromatic rings. The van der Waals surface area contributed by atoms with Crippen molar-refractivity contribution in [3.63, 3.8) is 0 Å². The number of hydrogen-bond donors (Lipinski definition) is 2. The summed E-state index contributed by atoms with van der Waals surface area (Å²) in [6.45, 7) is 3.28. The number of thiocarbonyl (C=S) groups is 1. The van der Waals surface area contributed by atoms with Crippen molar-refractivity contribution in [3.8, 4) is 22.7 Å². The summed E-state index contributed by atoms with van der Waals surface area (Å²) in [6, 6.07) is 17.3. The summed E-state index contributed by atoms with van der Waals surface area (Å²) in [5, 5.41) is 21.3. The number of nitrogens with zero attached hydrogens (tertiary/aromatic N) is 3. The van der Waals surface area contributed by atoms with Crippen LogP contribution in [0.5, 0.6) is 5.75 Å². The zero-order chi connectivity index (χ0) is 26.9. The maximum Gasteiger partial charge on any atom is 0.323 e. The van der Waals surface area contributed by atoms with Crippen molar-refractivity contribution in [1.29, 1.82) is 0 Å². The van der Waals surface area contributed by atoms with Gasteiger partial charge in [0.1, 0.15) is 22.3 Å². The molecule has 0 spiro atoms. The molecule has 0 saturated carbocycles. The summed E-state index contributed by atoms with van der Waals surface area (Å²) in [6.07, 6.45) is 4.45. The van der Waals surface area contributed by atoms with Gasteiger partial charge in [0, 0.05) is 24.2 Å². The lowest BCUT2D eigenvalue weighted by atomic mass is 10.1. The lowest BCUT2D eigenvalue weighted by Gasteiger charge is -2.10. The Kier molecular flexibility index (Phi) is 9.58. The molecule has 4 rings (SSSR count). The average Bonchev–Trinajstić information content (AvgIpc) is 3.39. The van der Waals surface area contributed by atoms with Gasteiger partial charge in [-0.1, -0.05) is 61.2 Å². The van der Waals surface area contributed by atoms with E-state index in [1.165, 1.54) is 0 Å². The number of carboxylic acids is 2. The molecule has 37 heavy (non-hydrogen) atoms. The molecule has 0 radical (unpaired) electrons. The summed E-state index contributed by atoms with van der Waals surface area (Å²) < 4.78 is 7.75. The van der Waals surface area contributed by atoms with E-state index < -0.39 is 24.4 Å². The molecule has 1 aromatic heterocycles. The third kappa shape index (κ3) is 7.51. The van der Waals surface area contributed by atoms with E-state index in [9.17, 15) is 9.59 Å². The van der Waals surface area contributed by atoms with E-state index in [0.717, 1.165) is 47.0 Å². The zero-order valence-corrected chi connectivity index (χ0v) is 21.8. The number of carbonyl (C=O) groups is 3. The first-order valence-electron chi connectivity index (χ1n) is 11.2. The fraction of sp³-hybridized carbons (Fsp3) is 0.192. The van der Waals surface area contributed by atoms with Gasteiger partial charge in [-0.2, -0.15) is 5.10 Å². The van der Waals surface area contributed by atoms with Crippen LogP contribution in [-0.4, -0.2) is 60.2 Å². The number of para-hydroxylation sites is 1. The maximum atomic E-state index is 12.8. The van der Waals surface area contributed by atoms with Crippen LogP contribution < -0.4 is 4.74 Å². The van der Waals surface area contributed by atoms with E-state index in [1.807, 2.05) is 67.7 Å². The average molecular weight is 540 g/mol. The molecule has 1 amide bonds. The van der Waals surface area contributed by atoms with Gasteiger partial charge in [0.25, 0.3) is 11.9 Å². The van der Waals surface area contributed by atoms with Crippen LogP contribution in [0, 0.1) is 0 Å². The zero-order valence-electron chi connectivity index (χ0n) is 20.2. The third-order valence-corrected chi connectivity index (χ3v) is 6.17. The largest absolute Gasteiger partial charge is 0.494 e. The van der Waals surface area contributed by atoms with Gasteiger partial charge in [0.15, 0.2) is 0 Å². The van der Waals surface area contributed by atoms with Crippen LogP contribution in [0.3, 0.4) is 0 Å². The highest BCUT2D eigenvalue weighted by Crippen LogP contribution is 2.35. The summed E-state index contributed by atoms with van der Waals surface area (Å²) in [5.41, 5.74) is 3.09. The molecule has 1 aliphatic heterocycles. The first-order valence-corrected chi connectivity index (χ1v) is 12.5. The minimum Gasteiger partial charge on any atom is -0.494 e. The summed E-state index contributed by atoms with van der Waals surface area (Å²) in [4.78, 5) is 34.3. The van der Waals surface area contributed by atoms with E-state index in [4.69, 9.17) is 37.1 Å². The second-order valence-corrected chi connectivity index (χ2v) is 9.45. The van der Waals surface area contributed by atoms with E-state index in [-0.39, 0.29) is 4.32 Å².